The summed E-state index contributed by atoms with van der Waals surface area (Å²) in [5.41, 5.74) is 1.15. The van der Waals surface area contributed by atoms with Gasteiger partial charge < -0.3 is 10.4 Å². The van der Waals surface area contributed by atoms with Gasteiger partial charge in [-0.05, 0) is 33.6 Å². The van der Waals surface area contributed by atoms with E-state index in [1.54, 1.807) is 18.3 Å². The minimum Gasteiger partial charge on any atom is -0.394 e. The molecule has 0 aliphatic carbocycles. The van der Waals surface area contributed by atoms with Gasteiger partial charge in [0.15, 0.2) is 0 Å². The van der Waals surface area contributed by atoms with Crippen LogP contribution < -0.4 is 5.32 Å². The molecule has 0 saturated heterocycles. The van der Waals surface area contributed by atoms with Crippen molar-refractivity contribution in [3.8, 4) is 0 Å². The van der Waals surface area contributed by atoms with Crippen LogP contribution in [0.15, 0.2) is 53.1 Å². The zero-order valence-corrected chi connectivity index (χ0v) is 11.7. The van der Waals surface area contributed by atoms with Crippen LogP contribution in [-0.2, 0) is 0 Å². The zero-order chi connectivity index (χ0) is 13.7. The van der Waals surface area contributed by atoms with Gasteiger partial charge in [0.25, 0.3) is 5.91 Å². The van der Waals surface area contributed by atoms with Crippen molar-refractivity contribution in [2.45, 2.75) is 6.04 Å². The number of aliphatic hydroxyl groups is 1. The van der Waals surface area contributed by atoms with Crippen LogP contribution in [-0.4, -0.2) is 22.6 Å². The Morgan fingerprint density at radius 3 is 2.63 bits per heavy atom. The van der Waals surface area contributed by atoms with E-state index < -0.39 is 6.04 Å². The number of hydrogen-bond donors (Lipinski definition) is 2. The second-order valence-electron chi connectivity index (χ2n) is 3.95. The van der Waals surface area contributed by atoms with Gasteiger partial charge in [0.2, 0.25) is 0 Å². The topological polar surface area (TPSA) is 62.2 Å². The summed E-state index contributed by atoms with van der Waals surface area (Å²) < 4.78 is 0.622. The minimum atomic E-state index is -0.442. The Labute approximate surface area is 119 Å². The van der Waals surface area contributed by atoms with Gasteiger partial charge in [-0.2, -0.15) is 0 Å². The van der Waals surface area contributed by atoms with Crippen molar-refractivity contribution < 1.29 is 9.90 Å². The third-order valence-corrected chi connectivity index (χ3v) is 3.30. The third kappa shape index (κ3) is 3.39. The molecule has 0 spiro atoms. The van der Waals surface area contributed by atoms with Crippen LogP contribution in [0.5, 0.6) is 0 Å². The van der Waals surface area contributed by atoms with Crippen LogP contribution in [0.4, 0.5) is 0 Å². The molecular formula is C14H13BrN2O2. The Kier molecular flexibility index (Phi) is 4.65. The Balaban J connectivity index is 2.16. The number of hydrogen-bond acceptors (Lipinski definition) is 3. The maximum atomic E-state index is 12.1. The maximum Gasteiger partial charge on any atom is 0.271 e. The van der Waals surface area contributed by atoms with Crippen molar-refractivity contribution in [2.24, 2.45) is 0 Å². The normalized spacial score (nSPS) is 11.9. The first kappa shape index (κ1) is 13.7. The van der Waals surface area contributed by atoms with Crippen LogP contribution in [0.25, 0.3) is 0 Å². The van der Waals surface area contributed by atoms with Crippen LogP contribution in [0.3, 0.4) is 0 Å². The van der Waals surface area contributed by atoms with E-state index in [0.29, 0.717) is 10.2 Å². The second kappa shape index (κ2) is 6.45. The Morgan fingerprint density at radius 2 is 2.00 bits per heavy atom. The number of nitrogens with zero attached hydrogens (tertiary/aromatic N) is 1. The standard InChI is InChI=1S/C14H13BrN2O2/c15-11-7-4-8-16-13(11)14(19)17-12(9-18)10-5-2-1-3-6-10/h1-8,12,18H,9H2,(H,17,19)/t12-/m1/s1. The fourth-order valence-corrected chi connectivity index (χ4v) is 2.13. The first-order chi connectivity index (χ1) is 9.22. The van der Waals surface area contributed by atoms with E-state index in [9.17, 15) is 9.90 Å². The van der Waals surface area contributed by atoms with Gasteiger partial charge in [-0.3, -0.25) is 4.79 Å². The van der Waals surface area contributed by atoms with E-state index in [-0.39, 0.29) is 12.5 Å². The monoisotopic (exact) mass is 320 g/mol. The van der Waals surface area contributed by atoms with Crippen LogP contribution in [0.2, 0.25) is 0 Å². The molecule has 0 saturated carbocycles. The number of pyridine rings is 1. The number of amides is 1. The van der Waals surface area contributed by atoms with Gasteiger partial charge in [0.1, 0.15) is 5.69 Å². The molecule has 0 aliphatic heterocycles. The maximum absolute atomic E-state index is 12.1. The summed E-state index contributed by atoms with van der Waals surface area (Å²) in [5.74, 6) is -0.324. The molecule has 0 aliphatic rings. The summed E-state index contributed by atoms with van der Waals surface area (Å²) >= 11 is 3.28. The summed E-state index contributed by atoms with van der Waals surface area (Å²) in [5, 5.41) is 12.2. The summed E-state index contributed by atoms with van der Waals surface area (Å²) in [6, 6.07) is 12.4. The molecule has 0 radical (unpaired) electrons. The van der Waals surface area contributed by atoms with E-state index in [1.165, 1.54) is 0 Å². The van der Waals surface area contributed by atoms with Crippen molar-refractivity contribution in [2.75, 3.05) is 6.61 Å². The number of carbonyl (C=O) groups excluding carboxylic acids is 1. The van der Waals surface area contributed by atoms with Crippen LogP contribution in [0, 0.1) is 0 Å². The summed E-state index contributed by atoms with van der Waals surface area (Å²) in [4.78, 5) is 16.1. The lowest BCUT2D eigenvalue weighted by atomic mass is 10.1. The molecule has 19 heavy (non-hydrogen) atoms. The Hall–Kier alpha value is -1.72. The molecular weight excluding hydrogens is 308 g/mol. The molecule has 0 bridgehead atoms. The van der Waals surface area contributed by atoms with Crippen LogP contribution >= 0.6 is 15.9 Å². The highest BCUT2D eigenvalue weighted by atomic mass is 79.9. The Morgan fingerprint density at radius 1 is 1.26 bits per heavy atom. The van der Waals surface area contributed by atoms with Crippen LogP contribution in [0.1, 0.15) is 22.1 Å². The van der Waals surface area contributed by atoms with E-state index in [1.807, 2.05) is 30.3 Å². The number of nitrogens with one attached hydrogen (secondary N) is 1. The fourth-order valence-electron chi connectivity index (χ4n) is 1.70. The molecule has 98 valence electrons. The average Bonchev–Trinajstić information content (AvgIpc) is 2.46. The molecule has 5 heteroatoms. The van der Waals surface area contributed by atoms with E-state index >= 15 is 0 Å². The van der Waals surface area contributed by atoms with Gasteiger partial charge in [-0.15, -0.1) is 0 Å². The second-order valence-corrected chi connectivity index (χ2v) is 4.81. The molecule has 1 amide bonds. The van der Waals surface area contributed by atoms with Crippen molar-refractivity contribution in [1.29, 1.82) is 0 Å². The number of rotatable bonds is 4. The molecule has 1 heterocycles. The van der Waals surface area contributed by atoms with E-state index in [2.05, 4.69) is 26.2 Å². The fraction of sp³-hybridized carbons (Fsp3) is 0.143. The quantitative estimate of drug-likeness (QED) is 0.908. The Bertz CT molecular complexity index is 560. The molecule has 2 rings (SSSR count). The lowest BCUT2D eigenvalue weighted by Crippen LogP contribution is -2.31. The SMILES string of the molecule is O=C(N[C@H](CO)c1ccccc1)c1ncccc1Br. The predicted octanol–water partition coefficient (Wildman–Crippen LogP) is 2.31. The molecule has 1 atom stereocenters. The average molecular weight is 321 g/mol. The smallest absolute Gasteiger partial charge is 0.271 e. The minimum absolute atomic E-state index is 0.166. The summed E-state index contributed by atoms with van der Waals surface area (Å²) in [6.45, 7) is -0.166. The molecule has 1 aromatic carbocycles. The van der Waals surface area contributed by atoms with Gasteiger partial charge in [-0.1, -0.05) is 30.3 Å². The first-order valence-electron chi connectivity index (χ1n) is 5.79. The number of aromatic nitrogens is 1. The van der Waals surface area contributed by atoms with Crippen molar-refractivity contribution in [3.05, 3.63) is 64.4 Å². The summed E-state index contributed by atoms with van der Waals surface area (Å²) in [7, 11) is 0. The largest absolute Gasteiger partial charge is 0.394 e. The molecule has 2 aromatic rings. The highest BCUT2D eigenvalue weighted by molar-refractivity contribution is 9.10. The zero-order valence-electron chi connectivity index (χ0n) is 10.1. The van der Waals surface area contributed by atoms with Gasteiger partial charge >= 0.3 is 0 Å². The van der Waals surface area contributed by atoms with E-state index in [0.717, 1.165) is 5.56 Å². The lowest BCUT2D eigenvalue weighted by molar-refractivity contribution is 0.0910. The lowest BCUT2D eigenvalue weighted by Gasteiger charge is -2.16. The number of benzene rings is 1. The van der Waals surface area contributed by atoms with Gasteiger partial charge in [0, 0.05) is 10.7 Å². The number of halogens is 1. The van der Waals surface area contributed by atoms with Gasteiger partial charge in [-0.25, -0.2) is 4.98 Å². The van der Waals surface area contributed by atoms with Gasteiger partial charge in [0.05, 0.1) is 12.6 Å². The third-order valence-electron chi connectivity index (χ3n) is 2.66. The highest BCUT2D eigenvalue weighted by Gasteiger charge is 2.17. The van der Waals surface area contributed by atoms with Crippen molar-refractivity contribution >= 4 is 21.8 Å². The van der Waals surface area contributed by atoms with E-state index in [4.69, 9.17) is 0 Å². The molecule has 0 fully saturated rings. The van der Waals surface area contributed by atoms with Crippen molar-refractivity contribution in [1.82, 2.24) is 10.3 Å². The van der Waals surface area contributed by atoms with Crippen molar-refractivity contribution in [3.63, 3.8) is 0 Å². The summed E-state index contributed by atoms with van der Waals surface area (Å²) in [6.07, 6.45) is 1.55. The predicted molar refractivity (Wildman–Crippen MR) is 75.7 cm³/mol. The number of carbonyl (C=O) groups is 1. The molecule has 4 nitrogen and oxygen atoms in total. The first-order valence-corrected chi connectivity index (χ1v) is 6.59. The molecule has 1 aromatic heterocycles. The molecule has 0 unspecified atom stereocenters. The number of aliphatic hydroxyl groups excluding tert-OH is 1. The molecule has 2 N–H and O–H groups in total. The highest BCUT2D eigenvalue weighted by Crippen LogP contribution is 2.16.